The molecular formula is C37H58N2O4. The molecule has 11 atom stereocenters. The fourth-order valence-electron chi connectivity index (χ4n) is 11.3. The van der Waals surface area contributed by atoms with E-state index in [-0.39, 0.29) is 35.2 Å². The fraction of sp³-hybridized carbons (Fsp3) is 0.811. The van der Waals surface area contributed by atoms with E-state index in [0.29, 0.717) is 35.5 Å². The van der Waals surface area contributed by atoms with Crippen molar-refractivity contribution in [2.75, 3.05) is 26.2 Å². The number of hydrogen-bond donors (Lipinski definition) is 2. The molecule has 1 aromatic rings. The molecule has 6 nitrogen and oxygen atoms in total. The van der Waals surface area contributed by atoms with Gasteiger partial charge in [0.2, 0.25) is 0 Å². The number of carbonyl (C=O) groups excluding carboxylic acids is 1. The molecular weight excluding hydrogens is 536 g/mol. The van der Waals surface area contributed by atoms with Crippen LogP contribution in [-0.4, -0.2) is 70.6 Å². The third kappa shape index (κ3) is 6.20. The molecule has 0 radical (unpaired) electrons. The van der Waals surface area contributed by atoms with Gasteiger partial charge in [-0.2, -0.15) is 0 Å². The lowest BCUT2D eigenvalue weighted by molar-refractivity contribution is -0.194. The van der Waals surface area contributed by atoms with Crippen LogP contribution < -0.4 is 0 Å². The Balaban J connectivity index is 1.06. The second-order valence-electron chi connectivity index (χ2n) is 15.9. The molecule has 0 aromatic heterocycles. The van der Waals surface area contributed by atoms with E-state index >= 15 is 0 Å². The van der Waals surface area contributed by atoms with Gasteiger partial charge in [0.25, 0.3) is 0 Å². The van der Waals surface area contributed by atoms with E-state index in [0.717, 1.165) is 71.2 Å². The maximum Gasteiger partial charge on any atom is 0.302 e. The van der Waals surface area contributed by atoms with E-state index in [1.54, 1.807) is 6.92 Å². The van der Waals surface area contributed by atoms with Crippen molar-refractivity contribution >= 4 is 5.97 Å². The largest absolute Gasteiger partial charge is 0.462 e. The van der Waals surface area contributed by atoms with Crippen LogP contribution in [0.5, 0.6) is 0 Å². The maximum atomic E-state index is 12.3. The standard InChI is InChI=1S/C37H58N2O4/c1-25(10-13-34(42)39-20-18-38(19-21-39)24-27-8-6-5-7-9-27)30-11-12-31-35-32(15-17-37(30,31)4)36(3)16-14-29(41)22-28(36)23-33(35)43-26(2)40/h5-9,25,28-35,41-42H,10-24H2,1-4H3/t25?,28?,29-,30?,31?,32?,33+,34-,35?,36+,37-/m1/s1. The van der Waals surface area contributed by atoms with Gasteiger partial charge in [0, 0.05) is 45.6 Å². The molecule has 1 aromatic carbocycles. The van der Waals surface area contributed by atoms with Crippen molar-refractivity contribution in [2.24, 2.45) is 46.3 Å². The Morgan fingerprint density at radius 3 is 2.37 bits per heavy atom. The van der Waals surface area contributed by atoms with Gasteiger partial charge < -0.3 is 14.9 Å². The van der Waals surface area contributed by atoms with Gasteiger partial charge in [-0.15, -0.1) is 0 Å². The zero-order valence-corrected chi connectivity index (χ0v) is 27.3. The van der Waals surface area contributed by atoms with E-state index in [4.69, 9.17) is 4.74 Å². The number of carbonyl (C=O) groups is 1. The molecule has 0 bridgehead atoms. The first-order chi connectivity index (χ1) is 20.6. The lowest BCUT2D eigenvalue weighted by Gasteiger charge is -2.62. The van der Waals surface area contributed by atoms with Crippen molar-refractivity contribution in [3.63, 3.8) is 0 Å². The number of aliphatic hydroxyl groups is 2. The van der Waals surface area contributed by atoms with Gasteiger partial charge in [-0.1, -0.05) is 51.1 Å². The number of rotatable bonds is 8. The van der Waals surface area contributed by atoms with Crippen LogP contribution in [0, 0.1) is 46.3 Å². The third-order valence-electron chi connectivity index (χ3n) is 13.7. The van der Waals surface area contributed by atoms with Crippen molar-refractivity contribution in [1.82, 2.24) is 9.80 Å². The summed E-state index contributed by atoms with van der Waals surface area (Å²) in [6.45, 7) is 14.0. The van der Waals surface area contributed by atoms with Gasteiger partial charge in [-0.3, -0.25) is 14.6 Å². The van der Waals surface area contributed by atoms with Gasteiger partial charge in [0.15, 0.2) is 0 Å². The van der Waals surface area contributed by atoms with Gasteiger partial charge in [-0.25, -0.2) is 0 Å². The van der Waals surface area contributed by atoms with E-state index in [1.807, 2.05) is 0 Å². The lowest BCUT2D eigenvalue weighted by atomic mass is 9.43. The van der Waals surface area contributed by atoms with Crippen LogP contribution in [0.25, 0.3) is 0 Å². The van der Waals surface area contributed by atoms with Crippen molar-refractivity contribution in [3.05, 3.63) is 35.9 Å². The summed E-state index contributed by atoms with van der Waals surface area (Å²) in [5.41, 5.74) is 1.88. The van der Waals surface area contributed by atoms with Crippen LogP contribution in [0.2, 0.25) is 0 Å². The molecule has 43 heavy (non-hydrogen) atoms. The van der Waals surface area contributed by atoms with Gasteiger partial charge >= 0.3 is 5.97 Å². The molecule has 1 saturated heterocycles. The highest BCUT2D eigenvalue weighted by Crippen LogP contribution is 2.68. The Hall–Kier alpha value is -1.47. The highest BCUT2D eigenvalue weighted by Gasteiger charge is 2.63. The molecule has 5 aliphatic rings. The van der Waals surface area contributed by atoms with Crippen molar-refractivity contribution in [1.29, 1.82) is 0 Å². The van der Waals surface area contributed by atoms with E-state index in [9.17, 15) is 15.0 Å². The Labute approximate surface area is 260 Å². The van der Waals surface area contributed by atoms with Gasteiger partial charge in [0.1, 0.15) is 12.3 Å². The first-order valence-corrected chi connectivity index (χ1v) is 17.6. The molecule has 6 heteroatoms. The van der Waals surface area contributed by atoms with Crippen LogP contribution in [0.3, 0.4) is 0 Å². The Morgan fingerprint density at radius 1 is 0.953 bits per heavy atom. The number of ether oxygens (including phenoxy) is 1. The highest BCUT2D eigenvalue weighted by atomic mass is 16.5. The number of aliphatic hydroxyl groups excluding tert-OH is 2. The molecule has 4 aliphatic carbocycles. The van der Waals surface area contributed by atoms with Crippen molar-refractivity contribution in [2.45, 2.75) is 117 Å². The average Bonchev–Trinajstić information content (AvgIpc) is 3.34. The normalized spacial score (nSPS) is 41.5. The van der Waals surface area contributed by atoms with Crippen molar-refractivity contribution < 1.29 is 19.7 Å². The van der Waals surface area contributed by atoms with Gasteiger partial charge in [-0.05, 0) is 110 Å². The lowest BCUT2D eigenvalue weighted by Crippen LogP contribution is -2.59. The second kappa shape index (κ2) is 12.7. The molecule has 5 fully saturated rings. The number of benzene rings is 1. The van der Waals surface area contributed by atoms with E-state index in [1.165, 1.54) is 31.2 Å². The highest BCUT2D eigenvalue weighted by molar-refractivity contribution is 5.66. The average molecular weight is 595 g/mol. The molecule has 2 N–H and O–H groups in total. The number of piperazine rings is 1. The topological polar surface area (TPSA) is 73.2 Å². The number of esters is 1. The molecule has 1 aliphatic heterocycles. The minimum absolute atomic E-state index is 0.00747. The predicted molar refractivity (Wildman–Crippen MR) is 170 cm³/mol. The van der Waals surface area contributed by atoms with Crippen molar-refractivity contribution in [3.8, 4) is 0 Å². The molecule has 240 valence electrons. The summed E-state index contributed by atoms with van der Waals surface area (Å²) in [7, 11) is 0. The first-order valence-electron chi connectivity index (χ1n) is 17.6. The summed E-state index contributed by atoms with van der Waals surface area (Å²) in [5, 5.41) is 21.7. The number of fused-ring (bicyclic) bond motifs is 5. The summed E-state index contributed by atoms with van der Waals surface area (Å²) < 4.78 is 6.16. The minimum Gasteiger partial charge on any atom is -0.462 e. The molecule has 4 saturated carbocycles. The van der Waals surface area contributed by atoms with Crippen LogP contribution in [0.15, 0.2) is 30.3 Å². The third-order valence-corrected chi connectivity index (χ3v) is 13.7. The molecule has 6 rings (SSSR count). The minimum atomic E-state index is -0.354. The predicted octanol–water partition coefficient (Wildman–Crippen LogP) is 6.10. The Kier molecular flexibility index (Phi) is 9.33. The smallest absolute Gasteiger partial charge is 0.302 e. The van der Waals surface area contributed by atoms with Gasteiger partial charge in [0.05, 0.1) is 6.10 Å². The van der Waals surface area contributed by atoms with E-state index in [2.05, 4.69) is 60.9 Å². The monoisotopic (exact) mass is 594 g/mol. The Morgan fingerprint density at radius 2 is 1.65 bits per heavy atom. The summed E-state index contributed by atoms with van der Waals surface area (Å²) in [4.78, 5) is 17.1. The summed E-state index contributed by atoms with van der Waals surface area (Å²) >= 11 is 0. The zero-order valence-electron chi connectivity index (χ0n) is 27.3. The SMILES string of the molecule is CC(=O)O[C@H]1CC2C[C@H](O)CC[C@]2(C)C2CC[C@]3(C)C(C(C)CC[C@@H](O)N4CCN(Cc5ccccc5)CC4)CCC3C21. The number of nitrogens with zero attached hydrogens (tertiary/aromatic N) is 2. The van der Waals surface area contributed by atoms with Crippen LogP contribution in [0.1, 0.15) is 97.5 Å². The van der Waals surface area contributed by atoms with Crippen LogP contribution >= 0.6 is 0 Å². The molecule has 1 heterocycles. The molecule has 6 unspecified atom stereocenters. The molecule has 0 amide bonds. The van der Waals surface area contributed by atoms with E-state index < -0.39 is 0 Å². The Bertz CT molecular complexity index is 1090. The molecule has 0 spiro atoms. The van der Waals surface area contributed by atoms with Crippen LogP contribution in [-0.2, 0) is 16.1 Å². The number of hydrogen-bond acceptors (Lipinski definition) is 6. The van der Waals surface area contributed by atoms with Crippen LogP contribution in [0.4, 0.5) is 0 Å². The second-order valence-corrected chi connectivity index (χ2v) is 15.9. The summed E-state index contributed by atoms with van der Waals surface area (Å²) in [6.07, 6.45) is 10.1. The summed E-state index contributed by atoms with van der Waals surface area (Å²) in [5.74, 6) is 3.15. The maximum absolute atomic E-state index is 12.3. The zero-order chi connectivity index (χ0) is 30.4. The summed E-state index contributed by atoms with van der Waals surface area (Å²) in [6, 6.07) is 10.7. The fourth-order valence-corrected chi connectivity index (χ4v) is 11.3. The first kappa shape index (κ1) is 31.5. The quantitative estimate of drug-likeness (QED) is 0.355.